The zero-order valence-corrected chi connectivity index (χ0v) is 10.6. The smallest absolute Gasteiger partial charge is 0.244 e. The summed E-state index contributed by atoms with van der Waals surface area (Å²) in [5, 5.41) is 2.89. The van der Waals surface area contributed by atoms with Gasteiger partial charge in [-0.3, -0.25) is 4.79 Å². The minimum Gasteiger partial charge on any atom is -0.497 e. The number of hydrogen-bond acceptors (Lipinski definition) is 3. The molecule has 1 aliphatic carbocycles. The number of methoxy groups -OCH3 is 2. The summed E-state index contributed by atoms with van der Waals surface area (Å²) >= 11 is 0. The van der Waals surface area contributed by atoms with Crippen LogP contribution in [-0.2, 0) is 4.79 Å². The number of benzene rings is 1. The summed E-state index contributed by atoms with van der Waals surface area (Å²) in [6.45, 7) is 0. The molecular formula is C14H17NO3. The average molecular weight is 247 g/mol. The largest absolute Gasteiger partial charge is 0.497 e. The zero-order valence-electron chi connectivity index (χ0n) is 10.6. The van der Waals surface area contributed by atoms with Crippen molar-refractivity contribution in [1.82, 2.24) is 5.32 Å². The van der Waals surface area contributed by atoms with Crippen LogP contribution in [0.3, 0.4) is 0 Å². The topological polar surface area (TPSA) is 47.6 Å². The van der Waals surface area contributed by atoms with E-state index in [0.717, 1.165) is 24.2 Å². The molecule has 1 saturated carbocycles. The van der Waals surface area contributed by atoms with Crippen LogP contribution in [0.5, 0.6) is 11.5 Å². The molecule has 0 saturated heterocycles. The van der Waals surface area contributed by atoms with Crippen molar-refractivity contribution in [1.29, 1.82) is 0 Å². The van der Waals surface area contributed by atoms with Crippen LogP contribution < -0.4 is 14.8 Å². The number of carbonyl (C=O) groups is 1. The van der Waals surface area contributed by atoms with Crippen LogP contribution in [0.2, 0.25) is 0 Å². The fourth-order valence-corrected chi connectivity index (χ4v) is 1.61. The van der Waals surface area contributed by atoms with Gasteiger partial charge in [-0.25, -0.2) is 0 Å². The summed E-state index contributed by atoms with van der Waals surface area (Å²) < 4.78 is 10.4. The summed E-state index contributed by atoms with van der Waals surface area (Å²) in [4.78, 5) is 11.6. The molecular weight excluding hydrogens is 230 g/mol. The highest BCUT2D eigenvalue weighted by molar-refractivity contribution is 5.92. The molecule has 2 rings (SSSR count). The van der Waals surface area contributed by atoms with Gasteiger partial charge in [0.15, 0.2) is 0 Å². The number of carbonyl (C=O) groups excluding carboxylic acids is 1. The predicted octanol–water partition coefficient (Wildman–Crippen LogP) is 2.00. The lowest BCUT2D eigenvalue weighted by molar-refractivity contribution is -0.116. The van der Waals surface area contributed by atoms with Gasteiger partial charge in [0.1, 0.15) is 11.5 Å². The molecule has 1 fully saturated rings. The van der Waals surface area contributed by atoms with Gasteiger partial charge >= 0.3 is 0 Å². The van der Waals surface area contributed by atoms with Crippen molar-refractivity contribution in [2.24, 2.45) is 0 Å². The first kappa shape index (κ1) is 12.5. The molecule has 1 aromatic carbocycles. The molecule has 0 spiro atoms. The van der Waals surface area contributed by atoms with E-state index in [-0.39, 0.29) is 5.91 Å². The van der Waals surface area contributed by atoms with Crippen LogP contribution in [0, 0.1) is 0 Å². The van der Waals surface area contributed by atoms with Crippen molar-refractivity contribution in [2.45, 2.75) is 18.9 Å². The average Bonchev–Trinajstić information content (AvgIpc) is 3.19. The number of nitrogens with one attached hydrogen (secondary N) is 1. The SMILES string of the molecule is COc1ccc(OC)c(/C=C/C(=O)NC2CC2)c1. The molecule has 0 aliphatic heterocycles. The molecule has 0 atom stereocenters. The molecule has 4 nitrogen and oxygen atoms in total. The Hall–Kier alpha value is -1.97. The van der Waals surface area contributed by atoms with Crippen molar-refractivity contribution in [3.8, 4) is 11.5 Å². The van der Waals surface area contributed by atoms with Crippen molar-refractivity contribution in [3.63, 3.8) is 0 Å². The van der Waals surface area contributed by atoms with Crippen LogP contribution in [0.4, 0.5) is 0 Å². The molecule has 1 aromatic rings. The van der Waals surface area contributed by atoms with Gasteiger partial charge in [0.25, 0.3) is 0 Å². The Balaban J connectivity index is 2.09. The van der Waals surface area contributed by atoms with E-state index >= 15 is 0 Å². The van der Waals surface area contributed by atoms with Gasteiger partial charge < -0.3 is 14.8 Å². The Morgan fingerprint density at radius 3 is 2.72 bits per heavy atom. The Bertz CT molecular complexity index is 464. The molecule has 0 aromatic heterocycles. The van der Waals surface area contributed by atoms with Crippen molar-refractivity contribution < 1.29 is 14.3 Å². The van der Waals surface area contributed by atoms with Gasteiger partial charge in [-0.2, -0.15) is 0 Å². The highest BCUT2D eigenvalue weighted by Gasteiger charge is 2.22. The third-order valence-electron chi connectivity index (χ3n) is 2.77. The fourth-order valence-electron chi connectivity index (χ4n) is 1.61. The second-order valence-electron chi connectivity index (χ2n) is 4.22. The van der Waals surface area contributed by atoms with E-state index in [2.05, 4.69) is 5.32 Å². The monoisotopic (exact) mass is 247 g/mol. The van der Waals surface area contributed by atoms with E-state index in [1.54, 1.807) is 20.3 Å². The Morgan fingerprint density at radius 2 is 2.11 bits per heavy atom. The normalized spacial score (nSPS) is 14.6. The Labute approximate surface area is 107 Å². The van der Waals surface area contributed by atoms with Crippen LogP contribution >= 0.6 is 0 Å². The zero-order chi connectivity index (χ0) is 13.0. The first-order chi connectivity index (χ1) is 8.72. The Morgan fingerprint density at radius 1 is 1.33 bits per heavy atom. The van der Waals surface area contributed by atoms with Crippen molar-refractivity contribution in [3.05, 3.63) is 29.8 Å². The highest BCUT2D eigenvalue weighted by Crippen LogP contribution is 2.25. The maximum atomic E-state index is 11.6. The molecule has 0 heterocycles. The maximum absolute atomic E-state index is 11.6. The fraction of sp³-hybridized carbons (Fsp3) is 0.357. The van der Waals surface area contributed by atoms with Gasteiger partial charge in [0, 0.05) is 17.7 Å². The number of rotatable bonds is 5. The van der Waals surface area contributed by atoms with Crippen LogP contribution in [0.15, 0.2) is 24.3 Å². The lowest BCUT2D eigenvalue weighted by Crippen LogP contribution is -2.22. The second kappa shape index (κ2) is 5.58. The number of ether oxygens (including phenoxy) is 2. The summed E-state index contributed by atoms with van der Waals surface area (Å²) in [5.74, 6) is 1.38. The van der Waals surface area contributed by atoms with E-state index in [0.29, 0.717) is 11.8 Å². The predicted molar refractivity (Wildman–Crippen MR) is 69.7 cm³/mol. The lowest BCUT2D eigenvalue weighted by Gasteiger charge is -2.07. The number of amides is 1. The minimum absolute atomic E-state index is 0.0672. The van der Waals surface area contributed by atoms with Gasteiger partial charge in [-0.1, -0.05) is 0 Å². The molecule has 1 amide bonds. The third kappa shape index (κ3) is 3.26. The molecule has 18 heavy (non-hydrogen) atoms. The van der Waals surface area contributed by atoms with Crippen LogP contribution in [0.1, 0.15) is 18.4 Å². The first-order valence-corrected chi connectivity index (χ1v) is 5.93. The molecule has 0 bridgehead atoms. The van der Waals surface area contributed by atoms with E-state index in [1.165, 1.54) is 6.08 Å². The molecule has 1 N–H and O–H groups in total. The molecule has 4 heteroatoms. The van der Waals surface area contributed by atoms with Crippen molar-refractivity contribution >= 4 is 12.0 Å². The standard InChI is InChI=1S/C14H17NO3/c1-17-12-6-7-13(18-2)10(9-12)3-8-14(16)15-11-4-5-11/h3,6-9,11H,4-5H2,1-2H3,(H,15,16)/b8-3+. The van der Waals surface area contributed by atoms with E-state index < -0.39 is 0 Å². The number of hydrogen-bond donors (Lipinski definition) is 1. The van der Waals surface area contributed by atoms with Crippen LogP contribution in [0.25, 0.3) is 6.08 Å². The quantitative estimate of drug-likeness (QED) is 0.809. The summed E-state index contributed by atoms with van der Waals surface area (Å²) in [7, 11) is 3.21. The minimum atomic E-state index is -0.0672. The highest BCUT2D eigenvalue weighted by atomic mass is 16.5. The van der Waals surface area contributed by atoms with Crippen molar-refractivity contribution in [2.75, 3.05) is 14.2 Å². The maximum Gasteiger partial charge on any atom is 0.244 e. The molecule has 1 aliphatic rings. The first-order valence-electron chi connectivity index (χ1n) is 5.93. The summed E-state index contributed by atoms with van der Waals surface area (Å²) in [6.07, 6.45) is 5.43. The van der Waals surface area contributed by atoms with E-state index in [9.17, 15) is 4.79 Å². The van der Waals surface area contributed by atoms with Gasteiger partial charge in [0.05, 0.1) is 14.2 Å². The van der Waals surface area contributed by atoms with E-state index in [1.807, 2.05) is 18.2 Å². The van der Waals surface area contributed by atoms with Gasteiger partial charge in [-0.15, -0.1) is 0 Å². The van der Waals surface area contributed by atoms with Gasteiger partial charge in [0.2, 0.25) is 5.91 Å². The van der Waals surface area contributed by atoms with Gasteiger partial charge in [-0.05, 0) is 37.1 Å². The molecule has 96 valence electrons. The second-order valence-corrected chi connectivity index (χ2v) is 4.22. The Kier molecular flexibility index (Phi) is 3.87. The summed E-state index contributed by atoms with van der Waals surface area (Å²) in [5.41, 5.74) is 0.822. The lowest BCUT2D eigenvalue weighted by atomic mass is 10.1. The molecule has 0 unspecified atom stereocenters. The van der Waals surface area contributed by atoms with E-state index in [4.69, 9.17) is 9.47 Å². The third-order valence-corrected chi connectivity index (χ3v) is 2.77. The summed E-state index contributed by atoms with van der Waals surface area (Å²) in [6, 6.07) is 5.84. The van der Waals surface area contributed by atoms with Crippen LogP contribution in [-0.4, -0.2) is 26.2 Å². The molecule has 0 radical (unpaired) electrons.